The van der Waals surface area contributed by atoms with Gasteiger partial charge < -0.3 is 10.1 Å². The summed E-state index contributed by atoms with van der Waals surface area (Å²) in [6.07, 6.45) is 1.65. The van der Waals surface area contributed by atoms with E-state index in [0.29, 0.717) is 0 Å². The number of fused-ring (bicyclic) bond motifs is 1. The fourth-order valence-corrected chi connectivity index (χ4v) is 2.97. The summed E-state index contributed by atoms with van der Waals surface area (Å²) < 4.78 is 7.10. The second-order valence-electron chi connectivity index (χ2n) is 5.18. The number of carbonyl (C=O) groups is 1. The SMILES string of the molecule is Cc1c(C)c2c(c(C)c1NC=O)CC(C)(CI)O2. The molecule has 0 aromatic heterocycles. The van der Waals surface area contributed by atoms with Gasteiger partial charge in [-0.1, -0.05) is 22.6 Å². The Bertz CT molecular complexity index is 513. The van der Waals surface area contributed by atoms with Crippen molar-refractivity contribution in [3.05, 3.63) is 22.3 Å². The van der Waals surface area contributed by atoms with Crippen LogP contribution in [-0.2, 0) is 11.2 Å². The van der Waals surface area contributed by atoms with Gasteiger partial charge in [-0.25, -0.2) is 0 Å². The van der Waals surface area contributed by atoms with Gasteiger partial charge in [0.1, 0.15) is 11.4 Å². The average Bonchev–Trinajstić information content (AvgIpc) is 2.71. The highest BCUT2D eigenvalue weighted by Gasteiger charge is 2.37. The largest absolute Gasteiger partial charge is 0.486 e. The third-order valence-electron chi connectivity index (χ3n) is 3.76. The number of carbonyl (C=O) groups excluding carboxylic acids is 1. The van der Waals surface area contributed by atoms with Crippen LogP contribution in [0.25, 0.3) is 0 Å². The summed E-state index contributed by atoms with van der Waals surface area (Å²) >= 11 is 2.37. The predicted octanol–water partition coefficient (Wildman–Crippen LogP) is 3.31. The number of hydrogen-bond acceptors (Lipinski definition) is 2. The molecule has 0 saturated carbocycles. The number of rotatable bonds is 3. The van der Waals surface area contributed by atoms with E-state index in [1.54, 1.807) is 0 Å². The quantitative estimate of drug-likeness (QED) is 0.511. The molecule has 0 radical (unpaired) electrons. The predicted molar refractivity (Wildman–Crippen MR) is 82.0 cm³/mol. The van der Waals surface area contributed by atoms with Crippen LogP contribution in [0, 0.1) is 20.8 Å². The minimum atomic E-state index is -0.120. The van der Waals surface area contributed by atoms with E-state index in [1.165, 1.54) is 5.56 Å². The van der Waals surface area contributed by atoms with Gasteiger partial charge in [0.2, 0.25) is 6.41 Å². The highest BCUT2D eigenvalue weighted by atomic mass is 127. The summed E-state index contributed by atoms with van der Waals surface area (Å²) in [6.45, 7) is 8.28. The Kier molecular flexibility index (Phi) is 3.58. The second-order valence-corrected chi connectivity index (χ2v) is 5.95. The Labute approximate surface area is 121 Å². The maximum atomic E-state index is 10.7. The van der Waals surface area contributed by atoms with Crippen molar-refractivity contribution in [3.63, 3.8) is 0 Å². The van der Waals surface area contributed by atoms with Gasteiger partial charge in [0, 0.05) is 22.1 Å². The fraction of sp³-hybridized carbons (Fsp3) is 0.500. The number of benzene rings is 1. The van der Waals surface area contributed by atoms with E-state index in [9.17, 15) is 4.79 Å². The van der Waals surface area contributed by atoms with Crippen molar-refractivity contribution in [1.29, 1.82) is 0 Å². The van der Waals surface area contributed by atoms with Crippen LogP contribution < -0.4 is 10.1 Å². The second kappa shape index (κ2) is 4.72. The number of alkyl halides is 1. The van der Waals surface area contributed by atoms with Gasteiger partial charge in [0.25, 0.3) is 0 Å². The van der Waals surface area contributed by atoms with Crippen LogP contribution in [0.4, 0.5) is 5.69 Å². The van der Waals surface area contributed by atoms with Crippen molar-refractivity contribution in [3.8, 4) is 5.75 Å². The minimum absolute atomic E-state index is 0.120. The summed E-state index contributed by atoms with van der Waals surface area (Å²) in [5.41, 5.74) is 5.41. The molecule has 1 heterocycles. The van der Waals surface area contributed by atoms with E-state index in [2.05, 4.69) is 48.7 Å². The summed E-state index contributed by atoms with van der Waals surface area (Å²) in [5.74, 6) is 1.01. The molecule has 0 aliphatic carbocycles. The first-order valence-corrected chi connectivity index (χ1v) is 7.54. The van der Waals surface area contributed by atoms with Crippen molar-refractivity contribution in [1.82, 2.24) is 0 Å². The van der Waals surface area contributed by atoms with Crippen molar-refractivity contribution in [2.45, 2.75) is 39.7 Å². The van der Waals surface area contributed by atoms with Crippen molar-refractivity contribution in [2.24, 2.45) is 0 Å². The normalized spacial score (nSPS) is 21.4. The molecule has 1 atom stereocenters. The van der Waals surface area contributed by atoms with Gasteiger partial charge in [-0.3, -0.25) is 4.79 Å². The zero-order chi connectivity index (χ0) is 13.5. The molecule has 0 saturated heterocycles. The maximum Gasteiger partial charge on any atom is 0.211 e. The molecule has 1 unspecified atom stereocenters. The summed E-state index contributed by atoms with van der Waals surface area (Å²) in [6, 6.07) is 0. The molecule has 98 valence electrons. The monoisotopic (exact) mass is 359 g/mol. The molecule has 0 fully saturated rings. The lowest BCUT2D eigenvalue weighted by Crippen LogP contribution is -2.31. The standard InChI is InChI=1S/C14H18INO2/c1-8-9(2)13-11(5-14(4,6-15)18-13)10(3)12(8)16-7-17/h7H,5-6H2,1-4H3,(H,16,17). The number of halogens is 1. The average molecular weight is 359 g/mol. The molecular weight excluding hydrogens is 341 g/mol. The van der Waals surface area contributed by atoms with Crippen LogP contribution in [0.2, 0.25) is 0 Å². The van der Waals surface area contributed by atoms with E-state index in [4.69, 9.17) is 4.74 Å². The van der Waals surface area contributed by atoms with Gasteiger partial charge in [-0.2, -0.15) is 0 Å². The number of hydrogen-bond donors (Lipinski definition) is 1. The van der Waals surface area contributed by atoms with Crippen molar-refractivity contribution in [2.75, 3.05) is 9.74 Å². The number of nitrogens with one attached hydrogen (secondary N) is 1. The molecule has 1 aliphatic rings. The van der Waals surface area contributed by atoms with Crippen molar-refractivity contribution < 1.29 is 9.53 Å². The topological polar surface area (TPSA) is 38.3 Å². The molecule has 1 N–H and O–H groups in total. The van der Waals surface area contributed by atoms with Crippen LogP contribution in [0.1, 0.15) is 29.2 Å². The molecular formula is C14H18INO2. The highest BCUT2D eigenvalue weighted by molar-refractivity contribution is 14.1. The van der Waals surface area contributed by atoms with Gasteiger partial charge >= 0.3 is 0 Å². The third-order valence-corrected chi connectivity index (χ3v) is 5.38. The number of ether oxygens (including phenoxy) is 1. The van der Waals surface area contributed by atoms with E-state index in [-0.39, 0.29) is 5.60 Å². The minimum Gasteiger partial charge on any atom is -0.486 e. The Balaban J connectivity index is 2.60. The molecule has 18 heavy (non-hydrogen) atoms. The van der Waals surface area contributed by atoms with Crippen LogP contribution in [-0.4, -0.2) is 16.4 Å². The Morgan fingerprint density at radius 3 is 2.56 bits per heavy atom. The van der Waals surface area contributed by atoms with Gasteiger partial charge in [0.15, 0.2) is 0 Å². The molecule has 0 spiro atoms. The van der Waals surface area contributed by atoms with Gasteiger partial charge in [0.05, 0.1) is 0 Å². The lowest BCUT2D eigenvalue weighted by atomic mass is 9.92. The van der Waals surface area contributed by atoms with Crippen LogP contribution >= 0.6 is 22.6 Å². The van der Waals surface area contributed by atoms with E-state index in [0.717, 1.165) is 45.4 Å². The number of anilines is 1. The molecule has 0 bridgehead atoms. The summed E-state index contributed by atoms with van der Waals surface area (Å²) in [7, 11) is 0. The molecule has 3 nitrogen and oxygen atoms in total. The molecule has 1 amide bonds. The Morgan fingerprint density at radius 2 is 2.00 bits per heavy atom. The van der Waals surface area contributed by atoms with Crippen LogP contribution in [0.15, 0.2) is 0 Å². The zero-order valence-corrected chi connectivity index (χ0v) is 13.3. The summed E-state index contributed by atoms with van der Waals surface area (Å²) in [4.78, 5) is 10.7. The zero-order valence-electron chi connectivity index (χ0n) is 11.2. The summed E-state index contributed by atoms with van der Waals surface area (Å²) in [5, 5.41) is 2.82. The lowest BCUT2D eigenvalue weighted by molar-refractivity contribution is -0.105. The molecule has 1 aliphatic heterocycles. The highest BCUT2D eigenvalue weighted by Crippen LogP contribution is 2.44. The van der Waals surface area contributed by atoms with E-state index >= 15 is 0 Å². The van der Waals surface area contributed by atoms with E-state index in [1.807, 2.05) is 6.92 Å². The Hall–Kier alpha value is -0.780. The first kappa shape index (κ1) is 13.6. The molecule has 1 aromatic rings. The Morgan fingerprint density at radius 1 is 1.33 bits per heavy atom. The maximum absolute atomic E-state index is 10.7. The van der Waals surface area contributed by atoms with Crippen LogP contribution in [0.3, 0.4) is 0 Å². The van der Waals surface area contributed by atoms with Gasteiger partial charge in [-0.15, -0.1) is 0 Å². The van der Waals surface area contributed by atoms with Crippen LogP contribution in [0.5, 0.6) is 5.75 Å². The van der Waals surface area contributed by atoms with Crippen molar-refractivity contribution >= 4 is 34.7 Å². The molecule has 1 aromatic carbocycles. The number of amides is 1. The van der Waals surface area contributed by atoms with Gasteiger partial charge in [-0.05, 0) is 44.4 Å². The smallest absolute Gasteiger partial charge is 0.211 e. The molecule has 2 rings (SSSR count). The molecule has 4 heteroatoms. The fourth-order valence-electron chi connectivity index (χ4n) is 2.54. The lowest BCUT2D eigenvalue weighted by Gasteiger charge is -2.21. The first-order valence-electron chi connectivity index (χ1n) is 6.01. The van der Waals surface area contributed by atoms with E-state index < -0.39 is 0 Å². The first-order chi connectivity index (χ1) is 8.43. The third kappa shape index (κ3) is 2.00.